The molecular formula is C16H13O3. The van der Waals surface area contributed by atoms with Gasteiger partial charge in [0, 0.05) is 5.57 Å². The maximum atomic E-state index is 11.3. The Kier molecular flexibility index (Phi) is 3.66. The predicted molar refractivity (Wildman–Crippen MR) is 72.5 cm³/mol. The monoisotopic (exact) mass is 253 g/mol. The highest BCUT2D eigenvalue weighted by molar-refractivity contribution is 5.88. The number of rotatable bonds is 3. The van der Waals surface area contributed by atoms with E-state index in [-0.39, 0.29) is 5.75 Å². The summed E-state index contributed by atoms with van der Waals surface area (Å²) in [6.07, 6.45) is 0. The molecule has 0 saturated carbocycles. The lowest BCUT2D eigenvalue weighted by Crippen LogP contribution is -2.07. The van der Waals surface area contributed by atoms with Gasteiger partial charge in [-0.25, -0.2) is 4.79 Å². The van der Waals surface area contributed by atoms with Gasteiger partial charge in [0.05, 0.1) is 0 Å². The molecule has 3 heteroatoms. The molecule has 0 aliphatic heterocycles. The Bertz CT molecular complexity index is 595. The lowest BCUT2D eigenvalue weighted by Gasteiger charge is -2.05. The van der Waals surface area contributed by atoms with Crippen LogP contribution in [0.4, 0.5) is 0 Å². The van der Waals surface area contributed by atoms with E-state index < -0.39 is 5.97 Å². The van der Waals surface area contributed by atoms with Gasteiger partial charge in [-0.15, -0.1) is 0 Å². The van der Waals surface area contributed by atoms with E-state index in [9.17, 15) is 9.90 Å². The molecule has 2 aromatic carbocycles. The van der Waals surface area contributed by atoms with Crippen molar-refractivity contribution in [3.8, 4) is 22.6 Å². The molecule has 0 amide bonds. The maximum Gasteiger partial charge on any atom is 0.338 e. The number of carbonyl (C=O) groups is 1. The van der Waals surface area contributed by atoms with Crippen LogP contribution in [-0.2, 0) is 9.90 Å². The molecule has 0 N–H and O–H groups in total. The molecule has 95 valence electrons. The molecule has 19 heavy (non-hydrogen) atoms. The van der Waals surface area contributed by atoms with Crippen molar-refractivity contribution < 1.29 is 14.6 Å². The van der Waals surface area contributed by atoms with E-state index in [4.69, 9.17) is 4.74 Å². The van der Waals surface area contributed by atoms with Gasteiger partial charge in [0.15, 0.2) is 5.75 Å². The van der Waals surface area contributed by atoms with E-state index in [1.807, 2.05) is 12.1 Å². The molecule has 2 aromatic rings. The van der Waals surface area contributed by atoms with Gasteiger partial charge < -0.3 is 4.74 Å². The van der Waals surface area contributed by atoms with E-state index in [2.05, 4.69) is 6.58 Å². The lowest BCUT2D eigenvalue weighted by atomic mass is 10.1. The highest BCUT2D eigenvalue weighted by Crippen LogP contribution is 2.24. The maximum absolute atomic E-state index is 11.3. The van der Waals surface area contributed by atoms with Gasteiger partial charge >= 0.3 is 5.97 Å². The molecule has 0 bridgehead atoms. The number of ether oxygens (including phenoxy) is 1. The number of carbonyl (C=O) groups excluding carboxylic acids is 1. The van der Waals surface area contributed by atoms with Gasteiger partial charge in [0.2, 0.25) is 0 Å². The van der Waals surface area contributed by atoms with E-state index in [0.717, 1.165) is 11.1 Å². The molecule has 0 spiro atoms. The van der Waals surface area contributed by atoms with E-state index >= 15 is 0 Å². The number of hydrogen-bond donors (Lipinski definition) is 0. The Morgan fingerprint density at radius 3 is 1.89 bits per heavy atom. The first-order chi connectivity index (χ1) is 9.06. The minimum Gasteiger partial charge on any atom is -0.423 e. The second-order valence-corrected chi connectivity index (χ2v) is 4.22. The molecule has 0 atom stereocenters. The minimum atomic E-state index is -0.441. The highest BCUT2D eigenvalue weighted by Gasteiger charge is 2.05. The van der Waals surface area contributed by atoms with Crippen molar-refractivity contribution in [1.29, 1.82) is 0 Å². The summed E-state index contributed by atoms with van der Waals surface area (Å²) in [5.74, 6) is 0.0106. The standard InChI is InChI=1S/C16H13O3/c1-11(2)16(18)19-15-9-5-13(6-10-15)12-3-7-14(17)8-4-12/h3-10H,1H2,2H3. The van der Waals surface area contributed by atoms with Crippen LogP contribution in [0.3, 0.4) is 0 Å². The van der Waals surface area contributed by atoms with Crippen LogP contribution < -0.4 is 4.74 Å². The van der Waals surface area contributed by atoms with Crippen molar-refractivity contribution in [3.05, 3.63) is 60.7 Å². The summed E-state index contributed by atoms with van der Waals surface area (Å²) in [6.45, 7) is 5.12. The summed E-state index contributed by atoms with van der Waals surface area (Å²) in [5, 5.41) is 11.0. The molecule has 0 heterocycles. The van der Waals surface area contributed by atoms with Crippen molar-refractivity contribution in [2.75, 3.05) is 0 Å². The Labute approximate surface area is 111 Å². The molecule has 0 unspecified atom stereocenters. The highest BCUT2D eigenvalue weighted by atomic mass is 16.5. The molecule has 0 saturated heterocycles. The van der Waals surface area contributed by atoms with Crippen molar-refractivity contribution in [2.24, 2.45) is 0 Å². The number of benzene rings is 2. The van der Waals surface area contributed by atoms with Gasteiger partial charge in [-0.3, -0.25) is 5.11 Å². The van der Waals surface area contributed by atoms with Crippen LogP contribution >= 0.6 is 0 Å². The van der Waals surface area contributed by atoms with Crippen LogP contribution in [0.15, 0.2) is 60.7 Å². The normalized spacial score (nSPS) is 9.95. The number of esters is 1. The van der Waals surface area contributed by atoms with E-state index in [1.54, 1.807) is 31.2 Å². The molecule has 0 aliphatic rings. The third-order valence-electron chi connectivity index (χ3n) is 2.60. The van der Waals surface area contributed by atoms with Crippen LogP contribution in [-0.4, -0.2) is 5.97 Å². The second-order valence-electron chi connectivity index (χ2n) is 4.22. The third kappa shape index (κ3) is 3.22. The first-order valence-electron chi connectivity index (χ1n) is 5.81. The summed E-state index contributed by atoms with van der Waals surface area (Å²) < 4.78 is 5.10. The molecular weight excluding hydrogens is 240 g/mol. The summed E-state index contributed by atoms with van der Waals surface area (Å²) in [4.78, 5) is 11.3. The van der Waals surface area contributed by atoms with E-state index in [0.29, 0.717) is 11.3 Å². The summed E-state index contributed by atoms with van der Waals surface area (Å²) in [6, 6.07) is 13.6. The first kappa shape index (κ1) is 12.9. The fourth-order valence-electron chi connectivity index (χ4n) is 1.56. The molecule has 0 aliphatic carbocycles. The summed E-state index contributed by atoms with van der Waals surface area (Å²) in [5.41, 5.74) is 2.25. The lowest BCUT2D eigenvalue weighted by molar-refractivity contribution is -0.130. The van der Waals surface area contributed by atoms with E-state index in [1.165, 1.54) is 12.1 Å². The van der Waals surface area contributed by atoms with Gasteiger partial charge in [-0.2, -0.15) is 0 Å². The SMILES string of the molecule is C=C(C)C(=O)Oc1ccc(-c2ccc([O])cc2)cc1. The average Bonchev–Trinajstić information content (AvgIpc) is 2.40. The Balaban J connectivity index is 2.16. The van der Waals surface area contributed by atoms with Crippen LogP contribution in [0.25, 0.3) is 11.1 Å². The predicted octanol–water partition coefficient (Wildman–Crippen LogP) is 3.98. The van der Waals surface area contributed by atoms with Crippen molar-refractivity contribution >= 4 is 5.97 Å². The molecule has 0 aromatic heterocycles. The van der Waals surface area contributed by atoms with Crippen molar-refractivity contribution in [2.45, 2.75) is 6.92 Å². The average molecular weight is 253 g/mol. The zero-order valence-electron chi connectivity index (χ0n) is 10.6. The molecule has 3 nitrogen and oxygen atoms in total. The van der Waals surface area contributed by atoms with Crippen LogP contribution in [0.1, 0.15) is 6.92 Å². The topological polar surface area (TPSA) is 46.2 Å². The largest absolute Gasteiger partial charge is 0.423 e. The van der Waals surface area contributed by atoms with Gasteiger partial charge in [0.25, 0.3) is 0 Å². The fourth-order valence-corrected chi connectivity index (χ4v) is 1.56. The van der Waals surface area contributed by atoms with Gasteiger partial charge in [-0.05, 0) is 42.3 Å². The van der Waals surface area contributed by atoms with Crippen LogP contribution in [0.2, 0.25) is 0 Å². The Morgan fingerprint density at radius 2 is 1.42 bits per heavy atom. The minimum absolute atomic E-state index is 0.0178. The smallest absolute Gasteiger partial charge is 0.338 e. The zero-order chi connectivity index (χ0) is 13.8. The zero-order valence-corrected chi connectivity index (χ0v) is 10.6. The second kappa shape index (κ2) is 5.40. The Hall–Kier alpha value is -2.55. The third-order valence-corrected chi connectivity index (χ3v) is 2.60. The van der Waals surface area contributed by atoms with Gasteiger partial charge in [-0.1, -0.05) is 30.8 Å². The molecule has 1 radical (unpaired) electrons. The quantitative estimate of drug-likeness (QED) is 0.472. The molecule has 2 rings (SSSR count). The van der Waals surface area contributed by atoms with Gasteiger partial charge in [0.1, 0.15) is 5.75 Å². The molecule has 0 fully saturated rings. The Morgan fingerprint density at radius 1 is 0.947 bits per heavy atom. The summed E-state index contributed by atoms with van der Waals surface area (Å²) >= 11 is 0. The van der Waals surface area contributed by atoms with Crippen molar-refractivity contribution in [1.82, 2.24) is 0 Å². The fraction of sp³-hybridized carbons (Fsp3) is 0.0625. The van der Waals surface area contributed by atoms with Crippen LogP contribution in [0.5, 0.6) is 11.5 Å². The summed E-state index contributed by atoms with van der Waals surface area (Å²) in [7, 11) is 0. The number of hydrogen-bond acceptors (Lipinski definition) is 2. The van der Waals surface area contributed by atoms with Crippen molar-refractivity contribution in [3.63, 3.8) is 0 Å². The van der Waals surface area contributed by atoms with Crippen LogP contribution in [0, 0.1) is 0 Å². The first-order valence-corrected chi connectivity index (χ1v) is 5.81.